The van der Waals surface area contributed by atoms with E-state index in [-0.39, 0.29) is 15.2 Å². The third kappa shape index (κ3) is 6.34. The summed E-state index contributed by atoms with van der Waals surface area (Å²) in [6.45, 7) is 1.43. The quantitative estimate of drug-likeness (QED) is 0.358. The summed E-state index contributed by atoms with van der Waals surface area (Å²) in [5.41, 5.74) is 0. The van der Waals surface area contributed by atoms with E-state index in [0.29, 0.717) is 27.9 Å². The van der Waals surface area contributed by atoms with Crippen LogP contribution in [-0.2, 0) is 9.59 Å². The van der Waals surface area contributed by atoms with Crippen LogP contribution < -0.4 is 0 Å². The van der Waals surface area contributed by atoms with E-state index in [1.165, 1.54) is 6.92 Å². The fourth-order valence-corrected chi connectivity index (χ4v) is 0.848. The Morgan fingerprint density at radius 3 is 2.00 bits per heavy atom. The molecule has 0 aliphatic heterocycles. The Morgan fingerprint density at radius 2 is 2.00 bits per heavy atom. The molecule has 0 aromatic rings. The molecule has 0 radical (unpaired) electrons. The minimum absolute atomic E-state index is 0.0278. The summed E-state index contributed by atoms with van der Waals surface area (Å²) in [5.74, 6) is -0.0278. The molecule has 0 aromatic carbocycles. The van der Waals surface area contributed by atoms with Gasteiger partial charge in [-0.1, -0.05) is 0 Å². The number of carbonyl (C=O) groups excluding carboxylic acids is 2. The summed E-state index contributed by atoms with van der Waals surface area (Å²) in [5, 5.41) is 0. The number of ketones is 1. The summed E-state index contributed by atoms with van der Waals surface area (Å²) < 4.78 is 0.0764. The van der Waals surface area contributed by atoms with Crippen LogP contribution in [0.25, 0.3) is 0 Å². The van der Waals surface area contributed by atoms with Crippen molar-refractivity contribution in [3.8, 4) is 0 Å². The first-order valence-electron chi connectivity index (χ1n) is 2.12. The van der Waals surface area contributed by atoms with E-state index in [1.807, 2.05) is 0 Å². The van der Waals surface area contributed by atoms with Crippen LogP contribution in [0.4, 0.5) is 0 Å². The van der Waals surface area contributed by atoms with Gasteiger partial charge in [-0.05, 0) is 0 Å². The van der Waals surface area contributed by atoms with Crippen molar-refractivity contribution < 1.29 is 9.59 Å². The Hall–Kier alpha value is 0.340. The Balaban J connectivity index is 3.32. The molecule has 0 bridgehead atoms. The van der Waals surface area contributed by atoms with Gasteiger partial charge in [-0.25, -0.2) is 0 Å². The number of hydrogen-bond acceptors (Lipinski definition) is 2. The number of carbonyl (C=O) groups is 2. The molecule has 0 saturated carbocycles. The van der Waals surface area contributed by atoms with Gasteiger partial charge in [-0.15, -0.1) is 0 Å². The average molecular weight is 108 g/mol. The third-order valence-electron chi connectivity index (χ3n) is 0.498. The van der Waals surface area contributed by atoms with Crippen molar-refractivity contribution in [2.75, 3.05) is 0 Å². The SMILES string of the molecule is CC(=O)C[C](=O)[Na]. The van der Waals surface area contributed by atoms with Crippen molar-refractivity contribution in [2.45, 2.75) is 13.3 Å². The summed E-state index contributed by atoms with van der Waals surface area (Å²) in [4.78, 5) is 20.2. The van der Waals surface area contributed by atoms with Gasteiger partial charge in [0.1, 0.15) is 0 Å². The van der Waals surface area contributed by atoms with Gasteiger partial charge in [0.2, 0.25) is 0 Å². The molecule has 0 atom stereocenters. The monoisotopic (exact) mass is 108 g/mol. The Morgan fingerprint density at radius 1 is 1.57 bits per heavy atom. The van der Waals surface area contributed by atoms with Gasteiger partial charge in [0.25, 0.3) is 0 Å². The number of hydrogen-bond donors (Lipinski definition) is 0. The molecule has 0 N–H and O–H groups in total. The minimum atomic E-state index is -0.0278. The van der Waals surface area contributed by atoms with Crippen molar-refractivity contribution in [3.05, 3.63) is 0 Å². The molecule has 0 rings (SSSR count). The molecule has 0 aliphatic carbocycles. The van der Waals surface area contributed by atoms with E-state index in [9.17, 15) is 9.59 Å². The predicted octanol–water partition coefficient (Wildman–Crippen LogP) is -0.339. The maximum absolute atomic E-state index is 10.1. The summed E-state index contributed by atoms with van der Waals surface area (Å²) >= 11 is 0.507. The molecule has 0 spiro atoms. The molecule has 2 nitrogen and oxygen atoms in total. The molecule has 0 fully saturated rings. The van der Waals surface area contributed by atoms with E-state index >= 15 is 0 Å². The van der Waals surface area contributed by atoms with Crippen LogP contribution in [0.5, 0.6) is 0 Å². The summed E-state index contributed by atoms with van der Waals surface area (Å²) in [6, 6.07) is 0. The van der Waals surface area contributed by atoms with E-state index < -0.39 is 0 Å². The zero-order chi connectivity index (χ0) is 5.86. The zero-order valence-electron chi connectivity index (χ0n) is 4.52. The van der Waals surface area contributed by atoms with Gasteiger partial charge in [0, 0.05) is 0 Å². The standard InChI is InChI=1S/C4H5O2.Na/c1-4(6)2-3-5;/h2H2,1H3;. The van der Waals surface area contributed by atoms with Crippen LogP contribution in [0.15, 0.2) is 0 Å². The normalized spacial score (nSPS) is 8.43. The number of Topliss-reactive ketones (excluding diaryl/α,β-unsaturated/α-hetero) is 1. The number of rotatable bonds is 2. The van der Waals surface area contributed by atoms with E-state index in [4.69, 9.17) is 0 Å². The van der Waals surface area contributed by atoms with E-state index in [1.54, 1.807) is 0 Å². The Labute approximate surface area is 59.7 Å². The first-order chi connectivity index (χ1) is 3.13. The molecular formula is C4H5NaO2. The van der Waals surface area contributed by atoms with Crippen molar-refractivity contribution >= 4 is 36.7 Å². The fraction of sp³-hybridized carbons (Fsp3) is 0.500. The second-order valence-electron chi connectivity index (χ2n) is 1.58. The van der Waals surface area contributed by atoms with Crippen LogP contribution >= 0.6 is 0 Å². The van der Waals surface area contributed by atoms with Crippen molar-refractivity contribution in [2.24, 2.45) is 0 Å². The van der Waals surface area contributed by atoms with Gasteiger partial charge in [0.15, 0.2) is 0 Å². The summed E-state index contributed by atoms with van der Waals surface area (Å²) in [7, 11) is 0. The van der Waals surface area contributed by atoms with Gasteiger partial charge in [0.05, 0.1) is 0 Å². The van der Waals surface area contributed by atoms with Gasteiger partial charge < -0.3 is 0 Å². The van der Waals surface area contributed by atoms with Crippen molar-refractivity contribution in [1.82, 2.24) is 0 Å². The van der Waals surface area contributed by atoms with Crippen LogP contribution in [0.3, 0.4) is 0 Å². The Bertz CT molecular complexity index is 85.9. The zero-order valence-corrected chi connectivity index (χ0v) is 6.52. The average Bonchev–Trinajstić information content (AvgIpc) is 1.27. The third-order valence-corrected chi connectivity index (χ3v) is 0.851. The van der Waals surface area contributed by atoms with E-state index in [0.717, 1.165) is 0 Å². The predicted molar refractivity (Wildman–Crippen MR) is 26.1 cm³/mol. The van der Waals surface area contributed by atoms with Gasteiger partial charge >= 0.3 is 59.7 Å². The summed E-state index contributed by atoms with van der Waals surface area (Å²) in [6.07, 6.45) is 0.145. The van der Waals surface area contributed by atoms with Crippen LogP contribution in [0.2, 0.25) is 0 Å². The first kappa shape index (κ1) is 7.34. The van der Waals surface area contributed by atoms with Crippen molar-refractivity contribution in [3.63, 3.8) is 0 Å². The maximum atomic E-state index is 10.1. The Kier molecular flexibility index (Phi) is 3.52. The topological polar surface area (TPSA) is 34.1 Å². The molecule has 0 unspecified atom stereocenters. The molecule has 34 valence electrons. The fourth-order valence-electron chi connectivity index (χ4n) is 0.351. The van der Waals surface area contributed by atoms with E-state index in [2.05, 4.69) is 0 Å². The molecule has 0 aromatic heterocycles. The molecule has 0 amide bonds. The molecular weight excluding hydrogens is 103 g/mol. The second kappa shape index (κ2) is 3.36. The van der Waals surface area contributed by atoms with Gasteiger partial charge in [-0.3, -0.25) is 0 Å². The molecule has 3 heteroatoms. The molecule has 0 aliphatic rings. The molecule has 7 heavy (non-hydrogen) atoms. The van der Waals surface area contributed by atoms with Crippen LogP contribution in [-0.4, -0.2) is 36.7 Å². The second-order valence-corrected chi connectivity index (χ2v) is 2.70. The van der Waals surface area contributed by atoms with Crippen LogP contribution in [0.1, 0.15) is 13.3 Å². The van der Waals surface area contributed by atoms with Gasteiger partial charge in [-0.2, -0.15) is 0 Å². The van der Waals surface area contributed by atoms with Crippen molar-refractivity contribution in [1.29, 1.82) is 0 Å². The first-order valence-corrected chi connectivity index (χ1v) is 3.12. The molecule has 0 heterocycles. The molecule has 0 saturated heterocycles. The van der Waals surface area contributed by atoms with Crippen LogP contribution in [0, 0.1) is 0 Å².